The minimum absolute atomic E-state index is 0.423. The van der Waals surface area contributed by atoms with Crippen LogP contribution in [-0.4, -0.2) is 20.3 Å². The summed E-state index contributed by atoms with van der Waals surface area (Å²) in [5, 5.41) is 0. The molecule has 0 spiro atoms. The van der Waals surface area contributed by atoms with Gasteiger partial charge in [0.15, 0.2) is 0 Å². The smallest absolute Gasteiger partial charge is 0.119 e. The van der Waals surface area contributed by atoms with Crippen LogP contribution >= 0.6 is 0 Å². The molecule has 1 aromatic rings. The van der Waals surface area contributed by atoms with Gasteiger partial charge >= 0.3 is 0 Å². The van der Waals surface area contributed by atoms with Gasteiger partial charge in [-0.25, -0.2) is 0 Å². The van der Waals surface area contributed by atoms with Crippen LogP contribution in [0.5, 0.6) is 5.75 Å². The van der Waals surface area contributed by atoms with E-state index in [0.717, 1.165) is 30.8 Å². The fourth-order valence-corrected chi connectivity index (χ4v) is 5.65. The van der Waals surface area contributed by atoms with Crippen LogP contribution in [0.3, 0.4) is 0 Å². The molecule has 4 rings (SSSR count). The number of fused-ring (bicyclic) bond motifs is 5. The molecular formula is C23H32O2. The number of hydrogen-bond acceptors (Lipinski definition) is 2. The maximum Gasteiger partial charge on any atom is 0.119 e. The number of rotatable bonds is 6. The summed E-state index contributed by atoms with van der Waals surface area (Å²) in [6, 6.07) is 6.68. The topological polar surface area (TPSA) is 18.5 Å². The number of benzene rings is 1. The maximum atomic E-state index is 6.15. The van der Waals surface area contributed by atoms with Crippen molar-refractivity contribution in [1.82, 2.24) is 0 Å². The summed E-state index contributed by atoms with van der Waals surface area (Å²) in [7, 11) is 1.76. The van der Waals surface area contributed by atoms with Crippen molar-refractivity contribution in [3.63, 3.8) is 0 Å². The monoisotopic (exact) mass is 340 g/mol. The van der Waals surface area contributed by atoms with Gasteiger partial charge in [0.2, 0.25) is 0 Å². The maximum absolute atomic E-state index is 6.15. The third-order valence-corrected chi connectivity index (χ3v) is 6.97. The van der Waals surface area contributed by atoms with Crippen LogP contribution in [0.25, 0.3) is 5.57 Å². The van der Waals surface area contributed by atoms with E-state index in [4.69, 9.17) is 9.47 Å². The lowest BCUT2D eigenvalue weighted by molar-refractivity contribution is 0.00474. The quantitative estimate of drug-likeness (QED) is 0.623. The fraction of sp³-hybridized carbons (Fsp3) is 0.652. The highest BCUT2D eigenvalue weighted by molar-refractivity contribution is 5.73. The first-order chi connectivity index (χ1) is 12.3. The van der Waals surface area contributed by atoms with Crippen molar-refractivity contribution >= 4 is 5.57 Å². The van der Waals surface area contributed by atoms with Gasteiger partial charge in [0.25, 0.3) is 0 Å². The highest BCUT2D eigenvalue weighted by atomic mass is 16.5. The van der Waals surface area contributed by atoms with Crippen molar-refractivity contribution in [3.8, 4) is 5.75 Å². The lowest BCUT2D eigenvalue weighted by atomic mass is 9.60. The van der Waals surface area contributed by atoms with Gasteiger partial charge in [-0.05, 0) is 79.2 Å². The van der Waals surface area contributed by atoms with E-state index in [2.05, 4.69) is 31.2 Å². The van der Waals surface area contributed by atoms with Gasteiger partial charge in [0, 0.05) is 12.0 Å². The largest absolute Gasteiger partial charge is 0.497 e. The zero-order valence-electron chi connectivity index (χ0n) is 15.9. The van der Waals surface area contributed by atoms with Gasteiger partial charge in [-0.1, -0.05) is 31.9 Å². The second kappa shape index (κ2) is 7.15. The molecule has 0 amide bonds. The van der Waals surface area contributed by atoms with E-state index in [1.54, 1.807) is 12.7 Å². The SMILES string of the molecule is CCCCOC[C@]12CC=C3c4ccc(OC)cc4CC[C@H]3[C@@H]1CCC2. The van der Waals surface area contributed by atoms with Crippen molar-refractivity contribution in [2.45, 2.75) is 58.3 Å². The van der Waals surface area contributed by atoms with Crippen LogP contribution in [-0.2, 0) is 11.2 Å². The Labute approximate surface area is 152 Å². The van der Waals surface area contributed by atoms with E-state index >= 15 is 0 Å². The standard InChI is InChI=1S/C23H32O2/c1-3-4-14-25-16-23-12-5-6-22(23)21-9-7-17-15-18(24-2)8-10-19(17)20(21)11-13-23/h8,10-11,15,21-22H,3-7,9,12-14,16H2,1-2H3/t21-,22+,23+/m1/s1. The first-order valence-corrected chi connectivity index (χ1v) is 10.2. The van der Waals surface area contributed by atoms with Crippen LogP contribution < -0.4 is 4.74 Å². The van der Waals surface area contributed by atoms with Crippen LogP contribution in [0, 0.1) is 17.3 Å². The normalized spacial score (nSPS) is 30.2. The summed E-state index contributed by atoms with van der Waals surface area (Å²) in [5.74, 6) is 2.56. The lowest BCUT2D eigenvalue weighted by Gasteiger charge is -2.46. The minimum atomic E-state index is 0.423. The van der Waals surface area contributed by atoms with Gasteiger partial charge < -0.3 is 9.47 Å². The van der Waals surface area contributed by atoms with Crippen LogP contribution in [0.15, 0.2) is 24.3 Å². The van der Waals surface area contributed by atoms with E-state index in [1.807, 2.05) is 0 Å². The van der Waals surface area contributed by atoms with Crippen LogP contribution in [0.1, 0.15) is 63.0 Å². The summed E-state index contributed by atoms with van der Waals surface area (Å²) >= 11 is 0. The Kier molecular flexibility index (Phi) is 4.90. The van der Waals surface area contributed by atoms with Gasteiger partial charge in [-0.2, -0.15) is 0 Å². The molecule has 2 nitrogen and oxygen atoms in total. The Bertz CT molecular complexity index is 647. The van der Waals surface area contributed by atoms with Crippen LogP contribution in [0.4, 0.5) is 0 Å². The Hall–Kier alpha value is -1.28. The molecule has 1 fully saturated rings. The average Bonchev–Trinajstić information content (AvgIpc) is 3.09. The third-order valence-electron chi connectivity index (χ3n) is 6.97. The molecule has 0 saturated heterocycles. The van der Waals surface area contributed by atoms with Crippen molar-refractivity contribution < 1.29 is 9.47 Å². The van der Waals surface area contributed by atoms with Gasteiger partial charge in [0.1, 0.15) is 5.75 Å². The highest BCUT2D eigenvalue weighted by Crippen LogP contribution is 2.58. The summed E-state index contributed by atoms with van der Waals surface area (Å²) in [6.45, 7) is 4.16. The second-order valence-electron chi connectivity index (χ2n) is 8.30. The molecule has 0 unspecified atom stereocenters. The summed E-state index contributed by atoms with van der Waals surface area (Å²) in [6.07, 6.45) is 12.8. The number of unbranched alkanes of at least 4 members (excludes halogenated alkanes) is 1. The molecule has 3 aliphatic rings. The molecule has 3 aliphatic carbocycles. The van der Waals surface area contributed by atoms with E-state index < -0.39 is 0 Å². The van der Waals surface area contributed by atoms with E-state index in [0.29, 0.717) is 5.41 Å². The van der Waals surface area contributed by atoms with Crippen molar-refractivity contribution in [1.29, 1.82) is 0 Å². The zero-order chi connectivity index (χ0) is 17.3. The Morgan fingerprint density at radius 2 is 2.16 bits per heavy atom. The number of hydrogen-bond donors (Lipinski definition) is 0. The van der Waals surface area contributed by atoms with Crippen molar-refractivity contribution in [3.05, 3.63) is 35.4 Å². The zero-order valence-corrected chi connectivity index (χ0v) is 15.9. The minimum Gasteiger partial charge on any atom is -0.497 e. The van der Waals surface area contributed by atoms with Gasteiger partial charge in [-0.3, -0.25) is 0 Å². The number of ether oxygens (including phenoxy) is 2. The van der Waals surface area contributed by atoms with Crippen molar-refractivity contribution in [2.75, 3.05) is 20.3 Å². The molecule has 136 valence electrons. The predicted octanol–water partition coefficient (Wildman–Crippen LogP) is 5.65. The molecule has 1 aromatic carbocycles. The van der Waals surface area contributed by atoms with E-state index in [-0.39, 0.29) is 0 Å². The molecule has 0 bridgehead atoms. The van der Waals surface area contributed by atoms with E-state index in [9.17, 15) is 0 Å². The highest BCUT2D eigenvalue weighted by Gasteiger charge is 2.50. The molecule has 0 N–H and O–H groups in total. The number of allylic oxidation sites excluding steroid dienone is 2. The molecule has 0 aliphatic heterocycles. The van der Waals surface area contributed by atoms with Gasteiger partial charge in [-0.15, -0.1) is 0 Å². The third kappa shape index (κ3) is 3.03. The molecule has 0 radical (unpaired) electrons. The molecule has 0 aromatic heterocycles. The Morgan fingerprint density at radius 3 is 3.00 bits per heavy atom. The van der Waals surface area contributed by atoms with Crippen molar-refractivity contribution in [2.24, 2.45) is 17.3 Å². The summed E-state index contributed by atoms with van der Waals surface area (Å²) < 4.78 is 11.6. The first-order valence-electron chi connectivity index (χ1n) is 10.2. The lowest BCUT2D eigenvalue weighted by Crippen LogP contribution is -2.39. The molecule has 0 heterocycles. The van der Waals surface area contributed by atoms with E-state index in [1.165, 1.54) is 62.5 Å². The molecule has 25 heavy (non-hydrogen) atoms. The second-order valence-corrected chi connectivity index (χ2v) is 8.30. The molecule has 1 saturated carbocycles. The average molecular weight is 341 g/mol. The molecular weight excluding hydrogens is 308 g/mol. The van der Waals surface area contributed by atoms with Crippen LogP contribution in [0.2, 0.25) is 0 Å². The summed E-state index contributed by atoms with van der Waals surface area (Å²) in [4.78, 5) is 0. The van der Waals surface area contributed by atoms with Gasteiger partial charge in [0.05, 0.1) is 13.7 Å². The Balaban J connectivity index is 1.58. The fourth-order valence-electron chi connectivity index (χ4n) is 5.65. The Morgan fingerprint density at radius 1 is 1.24 bits per heavy atom. The first kappa shape index (κ1) is 17.1. The number of aryl methyl sites for hydroxylation is 1. The number of methoxy groups -OCH3 is 1. The molecule has 2 heteroatoms. The summed E-state index contributed by atoms with van der Waals surface area (Å²) in [5.41, 5.74) is 5.02. The molecule has 3 atom stereocenters. The predicted molar refractivity (Wildman–Crippen MR) is 103 cm³/mol.